The number of carbonyl (C=O) groups is 2. The second-order valence-corrected chi connectivity index (χ2v) is 5.72. The highest BCUT2D eigenvalue weighted by Crippen LogP contribution is 2.39. The van der Waals surface area contributed by atoms with Crippen LogP contribution in [-0.2, 0) is 9.47 Å². The molecule has 1 aromatic rings. The van der Waals surface area contributed by atoms with Gasteiger partial charge in [-0.3, -0.25) is 4.79 Å². The van der Waals surface area contributed by atoms with Crippen molar-refractivity contribution in [2.24, 2.45) is 0 Å². The van der Waals surface area contributed by atoms with Crippen LogP contribution in [0.15, 0.2) is 0 Å². The number of rotatable bonds is 3. The average molecular weight is 313 g/mol. The van der Waals surface area contributed by atoms with Gasteiger partial charge in [0.2, 0.25) is 0 Å². The molecule has 116 valence electrons. The van der Waals surface area contributed by atoms with Gasteiger partial charge in [-0.25, -0.2) is 4.79 Å². The van der Waals surface area contributed by atoms with Crippen LogP contribution in [0.25, 0.3) is 0 Å². The minimum Gasteiger partial charge on any atom is -0.465 e. The van der Waals surface area contributed by atoms with E-state index in [-0.39, 0.29) is 22.6 Å². The summed E-state index contributed by atoms with van der Waals surface area (Å²) < 4.78 is 10.2. The van der Waals surface area contributed by atoms with E-state index in [9.17, 15) is 9.59 Å². The summed E-state index contributed by atoms with van der Waals surface area (Å²) in [4.78, 5) is 26.2. The van der Waals surface area contributed by atoms with Crippen LogP contribution in [0.2, 0.25) is 0 Å². The number of methoxy groups -OCH3 is 1. The van der Waals surface area contributed by atoms with Crippen molar-refractivity contribution in [2.45, 2.75) is 13.0 Å². The van der Waals surface area contributed by atoms with Gasteiger partial charge in [0, 0.05) is 20.1 Å². The zero-order valence-electron chi connectivity index (χ0n) is 12.3. The van der Waals surface area contributed by atoms with Gasteiger partial charge in [-0.05, 0) is 6.92 Å². The number of nitrogens with two attached hydrogens (primary N) is 1. The monoisotopic (exact) mass is 313 g/mol. The fourth-order valence-electron chi connectivity index (χ4n) is 2.25. The number of esters is 1. The van der Waals surface area contributed by atoms with Gasteiger partial charge in [0.25, 0.3) is 5.91 Å². The normalized spacial score (nSPS) is 18.4. The molecule has 2 heterocycles. The lowest BCUT2D eigenvalue weighted by molar-refractivity contribution is 0.0533. The molecule has 1 aliphatic heterocycles. The van der Waals surface area contributed by atoms with Crippen molar-refractivity contribution in [2.75, 3.05) is 44.5 Å². The number of hydrogen-bond acceptors (Lipinski definition) is 7. The molecule has 1 atom stereocenters. The topological polar surface area (TPSA) is 93.9 Å². The summed E-state index contributed by atoms with van der Waals surface area (Å²) >= 11 is 1.18. The summed E-state index contributed by atoms with van der Waals surface area (Å²) in [5, 5.41) is 3.24. The van der Waals surface area contributed by atoms with Crippen LogP contribution in [0.1, 0.15) is 27.0 Å². The first-order valence-electron chi connectivity index (χ1n) is 6.58. The summed E-state index contributed by atoms with van der Waals surface area (Å²) in [6.45, 7) is 3.82. The molecule has 1 amide bonds. The number of amides is 1. The van der Waals surface area contributed by atoms with Crippen LogP contribution in [0.3, 0.4) is 0 Å². The molecule has 0 radical (unpaired) electrons. The molecule has 0 spiro atoms. The van der Waals surface area contributed by atoms with Crippen molar-refractivity contribution < 1.29 is 19.1 Å². The van der Waals surface area contributed by atoms with Gasteiger partial charge >= 0.3 is 5.97 Å². The molecule has 0 bridgehead atoms. The first-order valence-corrected chi connectivity index (χ1v) is 7.40. The lowest BCUT2D eigenvalue weighted by Crippen LogP contribution is -2.41. The van der Waals surface area contributed by atoms with E-state index in [1.165, 1.54) is 25.5 Å². The second-order valence-electron chi connectivity index (χ2n) is 4.72. The molecule has 7 nitrogen and oxygen atoms in total. The fraction of sp³-hybridized carbons (Fsp3) is 0.538. The van der Waals surface area contributed by atoms with Crippen molar-refractivity contribution in [3.05, 3.63) is 10.4 Å². The van der Waals surface area contributed by atoms with Crippen LogP contribution in [-0.4, -0.2) is 51.8 Å². The largest absolute Gasteiger partial charge is 0.465 e. The van der Waals surface area contributed by atoms with Gasteiger partial charge in [0.1, 0.15) is 9.88 Å². The van der Waals surface area contributed by atoms with E-state index in [0.717, 1.165) is 0 Å². The van der Waals surface area contributed by atoms with E-state index in [1.807, 2.05) is 11.8 Å². The van der Waals surface area contributed by atoms with E-state index in [1.54, 1.807) is 0 Å². The van der Waals surface area contributed by atoms with E-state index in [0.29, 0.717) is 30.3 Å². The Morgan fingerprint density at radius 1 is 1.52 bits per heavy atom. The van der Waals surface area contributed by atoms with Crippen molar-refractivity contribution >= 4 is 33.9 Å². The smallest absolute Gasteiger partial charge is 0.350 e. The summed E-state index contributed by atoms with van der Waals surface area (Å²) in [6, 6.07) is 0. The van der Waals surface area contributed by atoms with Gasteiger partial charge in [0.05, 0.1) is 31.1 Å². The first kappa shape index (κ1) is 15.6. The van der Waals surface area contributed by atoms with Crippen molar-refractivity contribution in [1.82, 2.24) is 5.32 Å². The number of thiophene rings is 1. The Morgan fingerprint density at radius 2 is 2.24 bits per heavy atom. The minimum absolute atomic E-state index is 0.0567. The molecule has 3 N–H and O–H groups in total. The van der Waals surface area contributed by atoms with Crippen molar-refractivity contribution in [3.8, 4) is 0 Å². The van der Waals surface area contributed by atoms with E-state index in [4.69, 9.17) is 15.2 Å². The summed E-state index contributed by atoms with van der Waals surface area (Å²) in [6.07, 6.45) is 0.0567. The lowest BCUT2D eigenvalue weighted by atomic mass is 10.2. The molecule has 8 heteroatoms. The highest BCUT2D eigenvalue weighted by Gasteiger charge is 2.30. The Hall–Kier alpha value is -1.80. The molecule has 0 saturated carbocycles. The molecule has 1 saturated heterocycles. The predicted octanol–water partition coefficient (Wildman–Crippen LogP) is 0.702. The zero-order chi connectivity index (χ0) is 15.6. The second kappa shape index (κ2) is 6.31. The Morgan fingerprint density at radius 3 is 2.81 bits per heavy atom. The minimum atomic E-state index is -0.532. The first-order chi connectivity index (χ1) is 9.99. The zero-order valence-corrected chi connectivity index (χ0v) is 13.1. The number of ether oxygens (including phenoxy) is 2. The number of nitrogens with zero attached hydrogens (tertiary/aromatic N) is 1. The number of morpholine rings is 1. The summed E-state index contributed by atoms with van der Waals surface area (Å²) in [7, 11) is 2.82. The molecular formula is C13H19N3O4S. The van der Waals surface area contributed by atoms with Gasteiger partial charge in [-0.2, -0.15) is 0 Å². The molecular weight excluding hydrogens is 294 g/mol. The maximum Gasteiger partial charge on any atom is 0.350 e. The Bertz CT molecular complexity index is 558. The number of nitrogens with one attached hydrogen (secondary N) is 1. The van der Waals surface area contributed by atoms with Crippen LogP contribution >= 0.6 is 11.3 Å². The average Bonchev–Trinajstić information content (AvgIpc) is 2.83. The molecule has 0 aromatic carbocycles. The standard InChI is InChI=1S/C13H19N3O4S/c1-7-6-16(4-5-20-7)12-8(11(17)15-2)9(14)10(21-12)13(18)19-3/h7H,4-6,14H2,1-3H3,(H,15,17). The third kappa shape index (κ3) is 2.96. The van der Waals surface area contributed by atoms with Gasteiger partial charge < -0.3 is 25.4 Å². The lowest BCUT2D eigenvalue weighted by Gasteiger charge is -2.32. The highest BCUT2D eigenvalue weighted by atomic mass is 32.1. The summed E-state index contributed by atoms with van der Waals surface area (Å²) in [5.41, 5.74) is 6.49. The fourth-order valence-corrected chi connectivity index (χ4v) is 3.42. The number of nitrogen functional groups attached to an aromatic ring is 1. The third-order valence-corrected chi connectivity index (χ3v) is 4.53. The van der Waals surface area contributed by atoms with Crippen LogP contribution < -0.4 is 16.0 Å². The SMILES string of the molecule is CNC(=O)c1c(N2CCOC(C)C2)sc(C(=O)OC)c1N. The van der Waals surface area contributed by atoms with E-state index < -0.39 is 5.97 Å². The maximum absolute atomic E-state index is 12.1. The Balaban J connectivity index is 2.47. The van der Waals surface area contributed by atoms with Crippen molar-refractivity contribution in [3.63, 3.8) is 0 Å². The van der Waals surface area contributed by atoms with Crippen molar-refractivity contribution in [1.29, 1.82) is 0 Å². The van der Waals surface area contributed by atoms with E-state index >= 15 is 0 Å². The quantitative estimate of drug-likeness (QED) is 0.798. The summed E-state index contributed by atoms with van der Waals surface area (Å²) in [5.74, 6) is -0.844. The van der Waals surface area contributed by atoms with Gasteiger partial charge in [-0.1, -0.05) is 0 Å². The number of anilines is 2. The Labute approximate surface area is 127 Å². The highest BCUT2D eigenvalue weighted by molar-refractivity contribution is 7.19. The molecule has 0 aliphatic carbocycles. The van der Waals surface area contributed by atoms with E-state index in [2.05, 4.69) is 5.32 Å². The van der Waals surface area contributed by atoms with Gasteiger partial charge in [-0.15, -0.1) is 11.3 Å². The molecule has 1 fully saturated rings. The molecule has 2 rings (SSSR count). The third-order valence-electron chi connectivity index (χ3n) is 3.28. The number of carbonyl (C=O) groups excluding carboxylic acids is 2. The Kier molecular flexibility index (Phi) is 4.69. The molecule has 1 unspecified atom stereocenters. The maximum atomic E-state index is 12.1. The molecule has 1 aromatic heterocycles. The molecule has 1 aliphatic rings. The molecule has 21 heavy (non-hydrogen) atoms. The van der Waals surface area contributed by atoms with Crippen LogP contribution in [0.4, 0.5) is 10.7 Å². The van der Waals surface area contributed by atoms with Crippen LogP contribution in [0.5, 0.6) is 0 Å². The van der Waals surface area contributed by atoms with Crippen LogP contribution in [0, 0.1) is 0 Å². The van der Waals surface area contributed by atoms with Gasteiger partial charge in [0.15, 0.2) is 0 Å². The predicted molar refractivity (Wildman–Crippen MR) is 81.1 cm³/mol. The number of hydrogen-bond donors (Lipinski definition) is 2.